The largest absolute Gasteiger partial charge is 0.373 e. The van der Waals surface area contributed by atoms with Gasteiger partial charge in [-0.05, 0) is 68.5 Å². The lowest BCUT2D eigenvalue weighted by molar-refractivity contribution is 0.0107. The topological polar surface area (TPSA) is 50.4 Å². The lowest BCUT2D eigenvalue weighted by Gasteiger charge is -2.29. The summed E-state index contributed by atoms with van der Waals surface area (Å²) in [5.74, 6) is -0.213. The molecule has 1 aliphatic carbocycles. The number of urea groups is 1. The minimum atomic E-state index is -0.213. The molecule has 4 nitrogen and oxygen atoms in total. The van der Waals surface area contributed by atoms with Crippen molar-refractivity contribution in [2.45, 2.75) is 51.4 Å². The zero-order valence-corrected chi connectivity index (χ0v) is 16.9. The normalized spacial score (nSPS) is 19.5. The fraction of sp³-hybridized carbons (Fsp3) is 0.381. The third kappa shape index (κ3) is 5.78. The molecule has 0 heterocycles. The summed E-state index contributed by atoms with van der Waals surface area (Å²) in [6.07, 6.45) is 3.54. The molecule has 6 heteroatoms. The molecule has 1 fully saturated rings. The van der Waals surface area contributed by atoms with Crippen molar-refractivity contribution in [1.82, 2.24) is 5.32 Å². The number of benzene rings is 2. The Labute approximate surface area is 167 Å². The third-order valence-electron chi connectivity index (χ3n) is 4.93. The Morgan fingerprint density at radius 1 is 1.15 bits per heavy atom. The fourth-order valence-corrected chi connectivity index (χ4v) is 3.57. The first-order valence-corrected chi connectivity index (χ1v) is 9.99. The minimum Gasteiger partial charge on any atom is -0.373 e. The van der Waals surface area contributed by atoms with Crippen molar-refractivity contribution in [3.8, 4) is 0 Å². The number of hydrogen-bond acceptors (Lipinski definition) is 2. The molecule has 0 aliphatic heterocycles. The molecule has 0 radical (unpaired) electrons. The van der Waals surface area contributed by atoms with Gasteiger partial charge in [0.2, 0.25) is 0 Å². The van der Waals surface area contributed by atoms with Crippen LogP contribution in [0.3, 0.4) is 0 Å². The van der Waals surface area contributed by atoms with Gasteiger partial charge < -0.3 is 15.4 Å². The summed E-state index contributed by atoms with van der Waals surface area (Å²) in [5.41, 5.74) is 2.30. The molecular formula is C21H24BrFN2O2. The van der Waals surface area contributed by atoms with Gasteiger partial charge in [0, 0.05) is 21.8 Å². The Kier molecular flexibility index (Phi) is 6.85. The van der Waals surface area contributed by atoms with E-state index in [0.29, 0.717) is 12.2 Å². The molecule has 1 aliphatic rings. The number of amides is 2. The molecule has 2 aromatic rings. The van der Waals surface area contributed by atoms with E-state index in [0.717, 1.165) is 41.4 Å². The highest BCUT2D eigenvalue weighted by molar-refractivity contribution is 9.10. The van der Waals surface area contributed by atoms with Crippen LogP contribution >= 0.6 is 15.9 Å². The van der Waals surface area contributed by atoms with Gasteiger partial charge in [-0.25, -0.2) is 9.18 Å². The van der Waals surface area contributed by atoms with Crippen molar-refractivity contribution >= 4 is 27.6 Å². The van der Waals surface area contributed by atoms with Gasteiger partial charge in [0.15, 0.2) is 0 Å². The number of halogens is 2. The zero-order chi connectivity index (χ0) is 19.2. The highest BCUT2D eigenvalue weighted by atomic mass is 79.9. The van der Waals surface area contributed by atoms with Crippen LogP contribution in [0.1, 0.15) is 36.8 Å². The zero-order valence-electron chi connectivity index (χ0n) is 15.3. The molecule has 0 atom stereocenters. The average molecular weight is 435 g/mol. The second-order valence-electron chi connectivity index (χ2n) is 6.93. The third-order valence-corrected chi connectivity index (χ3v) is 5.46. The molecular weight excluding hydrogens is 411 g/mol. The number of hydrogen-bond donors (Lipinski definition) is 2. The van der Waals surface area contributed by atoms with Crippen molar-refractivity contribution in [2.75, 3.05) is 5.32 Å². The first-order chi connectivity index (χ1) is 13.0. The maximum atomic E-state index is 13.9. The van der Waals surface area contributed by atoms with Crippen LogP contribution in [0.2, 0.25) is 0 Å². The summed E-state index contributed by atoms with van der Waals surface area (Å²) in [4.78, 5) is 12.1. The predicted octanol–water partition coefficient (Wildman–Crippen LogP) is 5.55. The molecule has 0 bridgehead atoms. The van der Waals surface area contributed by atoms with E-state index >= 15 is 0 Å². The summed E-state index contributed by atoms with van der Waals surface area (Å²) in [7, 11) is 0. The van der Waals surface area contributed by atoms with E-state index in [-0.39, 0.29) is 24.0 Å². The Hall–Kier alpha value is -1.92. The smallest absolute Gasteiger partial charge is 0.319 e. The van der Waals surface area contributed by atoms with Gasteiger partial charge in [-0.15, -0.1) is 0 Å². The first kappa shape index (κ1) is 19.8. The van der Waals surface area contributed by atoms with E-state index in [2.05, 4.69) is 26.6 Å². The van der Waals surface area contributed by atoms with Crippen molar-refractivity contribution in [3.05, 3.63) is 63.9 Å². The molecule has 2 N–H and O–H groups in total. The van der Waals surface area contributed by atoms with E-state index in [9.17, 15) is 9.18 Å². The van der Waals surface area contributed by atoms with E-state index in [1.54, 1.807) is 6.07 Å². The van der Waals surface area contributed by atoms with Gasteiger partial charge in [-0.2, -0.15) is 0 Å². The highest BCUT2D eigenvalue weighted by Crippen LogP contribution is 2.24. The van der Waals surface area contributed by atoms with Crippen LogP contribution in [0.4, 0.5) is 14.9 Å². The van der Waals surface area contributed by atoms with Crippen molar-refractivity contribution in [3.63, 3.8) is 0 Å². The van der Waals surface area contributed by atoms with Crippen LogP contribution in [0.5, 0.6) is 0 Å². The number of ether oxygens (including phenoxy) is 1. The summed E-state index contributed by atoms with van der Waals surface area (Å²) in [6.45, 7) is 2.19. The molecule has 2 aromatic carbocycles. The van der Waals surface area contributed by atoms with Crippen molar-refractivity contribution in [1.29, 1.82) is 0 Å². The minimum absolute atomic E-state index is 0.108. The van der Waals surface area contributed by atoms with Gasteiger partial charge in [-0.3, -0.25) is 0 Å². The second kappa shape index (κ2) is 9.33. The van der Waals surface area contributed by atoms with Crippen molar-refractivity contribution < 1.29 is 13.9 Å². The Bertz CT molecular complexity index is 754. The fourth-order valence-electron chi connectivity index (χ4n) is 3.31. The number of carbonyl (C=O) groups is 1. The number of aryl methyl sites for hydroxylation is 1. The monoisotopic (exact) mass is 434 g/mol. The molecule has 0 unspecified atom stereocenters. The maximum absolute atomic E-state index is 13.9. The van der Waals surface area contributed by atoms with Gasteiger partial charge in [0.25, 0.3) is 0 Å². The predicted molar refractivity (Wildman–Crippen MR) is 108 cm³/mol. The van der Waals surface area contributed by atoms with Crippen LogP contribution in [-0.2, 0) is 11.3 Å². The lowest BCUT2D eigenvalue weighted by Crippen LogP contribution is -2.41. The summed E-state index contributed by atoms with van der Waals surface area (Å²) in [5, 5.41) is 5.86. The number of rotatable bonds is 5. The Morgan fingerprint density at radius 2 is 1.85 bits per heavy atom. The quantitative estimate of drug-likeness (QED) is 0.648. The first-order valence-electron chi connectivity index (χ1n) is 9.20. The van der Waals surface area contributed by atoms with E-state index < -0.39 is 0 Å². The van der Waals surface area contributed by atoms with Crippen molar-refractivity contribution in [2.24, 2.45) is 0 Å². The summed E-state index contributed by atoms with van der Waals surface area (Å²) >= 11 is 3.37. The SMILES string of the molecule is Cc1cccc(F)c1COC1CCC(NC(=O)Nc2ccc(Br)cc2)CC1. The molecule has 0 aromatic heterocycles. The molecule has 2 amide bonds. The van der Waals surface area contributed by atoms with Gasteiger partial charge >= 0.3 is 6.03 Å². The van der Waals surface area contributed by atoms with Crippen LogP contribution in [-0.4, -0.2) is 18.2 Å². The Morgan fingerprint density at radius 3 is 2.52 bits per heavy atom. The van der Waals surface area contributed by atoms with E-state index in [1.165, 1.54) is 6.07 Å². The summed E-state index contributed by atoms with van der Waals surface area (Å²) < 4.78 is 20.8. The number of nitrogens with one attached hydrogen (secondary N) is 2. The molecule has 1 saturated carbocycles. The van der Waals surface area contributed by atoms with E-state index in [4.69, 9.17) is 4.74 Å². The molecule has 0 spiro atoms. The van der Waals surface area contributed by atoms with Crippen LogP contribution in [0.25, 0.3) is 0 Å². The summed E-state index contributed by atoms with van der Waals surface area (Å²) in [6, 6.07) is 12.5. The van der Waals surface area contributed by atoms with Crippen LogP contribution in [0, 0.1) is 12.7 Å². The standard InChI is InChI=1S/C21H24BrFN2O2/c1-14-3-2-4-20(23)19(14)13-27-18-11-9-17(10-12-18)25-21(26)24-16-7-5-15(22)6-8-16/h2-8,17-18H,9-13H2,1H3,(H2,24,25,26). The van der Waals surface area contributed by atoms with Crippen LogP contribution < -0.4 is 10.6 Å². The van der Waals surface area contributed by atoms with Gasteiger partial charge in [0.1, 0.15) is 5.82 Å². The lowest BCUT2D eigenvalue weighted by atomic mass is 9.93. The number of anilines is 1. The maximum Gasteiger partial charge on any atom is 0.319 e. The second-order valence-corrected chi connectivity index (χ2v) is 7.84. The van der Waals surface area contributed by atoms with Crippen LogP contribution in [0.15, 0.2) is 46.9 Å². The Balaban J connectivity index is 1.41. The van der Waals surface area contributed by atoms with Gasteiger partial charge in [0.05, 0.1) is 12.7 Å². The number of carbonyl (C=O) groups excluding carboxylic acids is 1. The average Bonchev–Trinajstić information content (AvgIpc) is 2.64. The molecule has 27 heavy (non-hydrogen) atoms. The van der Waals surface area contributed by atoms with Gasteiger partial charge in [-0.1, -0.05) is 28.1 Å². The molecule has 3 rings (SSSR count). The molecule has 0 saturated heterocycles. The highest BCUT2D eigenvalue weighted by Gasteiger charge is 2.23. The molecule has 144 valence electrons. The van der Waals surface area contributed by atoms with E-state index in [1.807, 2.05) is 37.3 Å².